The van der Waals surface area contributed by atoms with Crippen molar-refractivity contribution in [2.75, 3.05) is 13.6 Å². The molecule has 42 heavy (non-hydrogen) atoms. The molecule has 0 radical (unpaired) electrons. The third-order valence-corrected chi connectivity index (χ3v) is 11.8. The normalized spacial score (nSPS) is 38.6. The smallest absolute Gasteiger partial charge is 0.481 e. The average molecular weight is 597 g/mol. The molecule has 4 fully saturated rings. The number of ether oxygens (including phenoxy) is 4. The number of carboxylic acid groups (broad SMARTS) is 2. The van der Waals surface area contributed by atoms with Crippen molar-refractivity contribution in [1.82, 2.24) is 0 Å². The van der Waals surface area contributed by atoms with Crippen LogP contribution in [0.2, 0.25) is 0 Å². The van der Waals surface area contributed by atoms with Crippen LogP contribution in [0.5, 0.6) is 0 Å². The Hall–Kier alpha value is -2.40. The van der Waals surface area contributed by atoms with Gasteiger partial charge in [-0.15, -0.1) is 0 Å². The molecule has 0 aromatic rings. The minimum absolute atomic E-state index is 0.0576. The van der Waals surface area contributed by atoms with E-state index in [0.717, 1.165) is 44.9 Å². The highest BCUT2D eigenvalue weighted by molar-refractivity contribution is 5.93. The first kappa shape index (κ1) is 32.5. The molecule has 0 heterocycles. The monoisotopic (exact) mass is 596 g/mol. The molecule has 11 atom stereocenters. The van der Waals surface area contributed by atoms with Gasteiger partial charge in [-0.25, -0.2) is 4.79 Å². The van der Waals surface area contributed by atoms with Crippen LogP contribution in [-0.2, 0) is 33.3 Å². The summed E-state index contributed by atoms with van der Waals surface area (Å²) >= 11 is 0. The standard InChI is InChI=1S/C31H48O11/c1-17(5-10-26(33)34)22-8-9-23-21-7-6-19-13-20(11-12-30(19,3)24(21)14-25(32)31(22,23)4)42-29(38)41-16-39-15-40-28(37)18(2)27(35)36/h17-25,32H,5-16H2,1-4H3,(H,33,34)(H,35,36)/t17-,18?,19-,20-,21?,22?,23?,24?,25+,30+,31-/m1/s1. The maximum absolute atomic E-state index is 12.3. The Morgan fingerprint density at radius 1 is 0.905 bits per heavy atom. The molecule has 0 amide bonds. The number of esters is 1. The van der Waals surface area contributed by atoms with Gasteiger partial charge in [0.1, 0.15) is 6.10 Å². The van der Waals surface area contributed by atoms with Crippen LogP contribution in [0.25, 0.3) is 0 Å². The van der Waals surface area contributed by atoms with Crippen LogP contribution in [0.4, 0.5) is 4.79 Å². The predicted molar refractivity (Wildman–Crippen MR) is 148 cm³/mol. The van der Waals surface area contributed by atoms with Crippen LogP contribution in [0, 0.1) is 52.3 Å². The summed E-state index contributed by atoms with van der Waals surface area (Å²) in [6.07, 6.45) is 6.70. The van der Waals surface area contributed by atoms with Crippen molar-refractivity contribution in [2.24, 2.45) is 52.3 Å². The lowest BCUT2D eigenvalue weighted by Crippen LogP contribution is -2.59. The number of hydrogen-bond donors (Lipinski definition) is 3. The largest absolute Gasteiger partial charge is 0.510 e. The van der Waals surface area contributed by atoms with Crippen molar-refractivity contribution in [1.29, 1.82) is 0 Å². The van der Waals surface area contributed by atoms with E-state index >= 15 is 0 Å². The van der Waals surface area contributed by atoms with E-state index < -0.39 is 49.7 Å². The highest BCUT2D eigenvalue weighted by atomic mass is 16.8. The Bertz CT molecular complexity index is 1010. The molecule has 5 unspecified atom stereocenters. The Morgan fingerprint density at radius 2 is 1.62 bits per heavy atom. The molecule has 0 aromatic heterocycles. The number of aliphatic hydroxyl groups is 1. The van der Waals surface area contributed by atoms with E-state index in [1.54, 1.807) is 0 Å². The first-order valence-corrected chi connectivity index (χ1v) is 15.5. The lowest BCUT2D eigenvalue weighted by atomic mass is 9.43. The lowest BCUT2D eigenvalue weighted by Gasteiger charge is -2.62. The van der Waals surface area contributed by atoms with Gasteiger partial charge in [-0.3, -0.25) is 14.4 Å². The summed E-state index contributed by atoms with van der Waals surface area (Å²) in [5.41, 5.74) is -0.122. The van der Waals surface area contributed by atoms with Gasteiger partial charge in [0.15, 0.2) is 19.5 Å². The number of aliphatic carboxylic acids is 2. The molecule has 3 N–H and O–H groups in total. The second-order valence-electron chi connectivity index (χ2n) is 13.7. The van der Waals surface area contributed by atoms with Gasteiger partial charge in [0.25, 0.3) is 0 Å². The van der Waals surface area contributed by atoms with Crippen LogP contribution in [-0.4, -0.2) is 65.2 Å². The summed E-state index contributed by atoms with van der Waals surface area (Å²) in [4.78, 5) is 45.7. The third-order valence-electron chi connectivity index (χ3n) is 11.8. The van der Waals surface area contributed by atoms with E-state index in [0.29, 0.717) is 42.4 Å². The van der Waals surface area contributed by atoms with Crippen LogP contribution >= 0.6 is 0 Å². The van der Waals surface area contributed by atoms with Crippen molar-refractivity contribution in [3.8, 4) is 0 Å². The summed E-state index contributed by atoms with van der Waals surface area (Å²) < 4.78 is 20.2. The number of carbonyl (C=O) groups excluding carboxylic acids is 2. The van der Waals surface area contributed by atoms with Gasteiger partial charge in [-0.05, 0) is 111 Å². The predicted octanol–water partition coefficient (Wildman–Crippen LogP) is 4.83. The van der Waals surface area contributed by atoms with Crippen LogP contribution in [0.1, 0.15) is 91.9 Å². The molecule has 0 saturated heterocycles. The van der Waals surface area contributed by atoms with E-state index in [-0.39, 0.29) is 29.3 Å². The molecule has 238 valence electrons. The Balaban J connectivity index is 1.27. The molecule has 0 aromatic carbocycles. The Kier molecular flexibility index (Phi) is 10.1. The van der Waals surface area contributed by atoms with Crippen molar-refractivity contribution < 1.29 is 53.4 Å². The third kappa shape index (κ3) is 6.42. The molecule has 4 aliphatic carbocycles. The zero-order valence-electron chi connectivity index (χ0n) is 25.3. The van der Waals surface area contributed by atoms with Gasteiger partial charge in [0, 0.05) is 6.42 Å². The minimum Gasteiger partial charge on any atom is -0.481 e. The van der Waals surface area contributed by atoms with E-state index in [1.165, 1.54) is 6.92 Å². The second kappa shape index (κ2) is 13.1. The summed E-state index contributed by atoms with van der Waals surface area (Å²) in [7, 11) is 0. The SMILES string of the molecule is CC(C(=O)O)C(=O)OCOCOC(=O)O[C@@H]1CC[C@]2(C)C3C[C@H](O)[C@@]4(C)C(CCC4[C@H](C)CCC(=O)O)C3CC[C@@H]2C1. The molecule has 4 rings (SSSR count). The molecule has 0 aliphatic heterocycles. The Morgan fingerprint density at radius 3 is 2.31 bits per heavy atom. The molecule has 4 saturated carbocycles. The van der Waals surface area contributed by atoms with E-state index in [4.69, 9.17) is 19.3 Å². The van der Waals surface area contributed by atoms with Crippen molar-refractivity contribution in [2.45, 2.75) is 104 Å². The van der Waals surface area contributed by atoms with Gasteiger partial charge < -0.3 is 34.3 Å². The molecular formula is C31H48O11. The topological polar surface area (TPSA) is 166 Å². The fourth-order valence-corrected chi connectivity index (χ4v) is 9.42. The Labute approximate surface area is 247 Å². The van der Waals surface area contributed by atoms with Crippen molar-refractivity contribution >= 4 is 24.1 Å². The summed E-state index contributed by atoms with van der Waals surface area (Å²) in [5.74, 6) is -1.95. The number of aliphatic hydroxyl groups excluding tert-OH is 1. The molecule has 0 bridgehead atoms. The second-order valence-corrected chi connectivity index (χ2v) is 13.7. The number of carboxylic acids is 2. The zero-order chi connectivity index (χ0) is 30.8. The maximum atomic E-state index is 12.3. The van der Waals surface area contributed by atoms with Gasteiger partial charge in [-0.1, -0.05) is 20.8 Å². The molecule has 0 spiro atoms. The van der Waals surface area contributed by atoms with Crippen LogP contribution in [0.3, 0.4) is 0 Å². The van der Waals surface area contributed by atoms with Crippen molar-refractivity contribution in [3.05, 3.63) is 0 Å². The number of carbonyl (C=O) groups is 4. The molecular weight excluding hydrogens is 548 g/mol. The lowest BCUT2D eigenvalue weighted by molar-refractivity contribution is -0.179. The molecule has 4 aliphatic rings. The number of hydrogen-bond acceptors (Lipinski definition) is 9. The van der Waals surface area contributed by atoms with Crippen LogP contribution < -0.4 is 0 Å². The maximum Gasteiger partial charge on any atom is 0.510 e. The fraction of sp³-hybridized carbons (Fsp3) is 0.871. The average Bonchev–Trinajstić information content (AvgIpc) is 3.30. The number of fused-ring (bicyclic) bond motifs is 5. The van der Waals surface area contributed by atoms with E-state index in [1.807, 2.05) is 0 Å². The van der Waals surface area contributed by atoms with Crippen molar-refractivity contribution in [3.63, 3.8) is 0 Å². The van der Waals surface area contributed by atoms with Gasteiger partial charge in [0.05, 0.1) is 6.10 Å². The zero-order valence-corrected chi connectivity index (χ0v) is 25.3. The van der Waals surface area contributed by atoms with Gasteiger partial charge in [0.2, 0.25) is 0 Å². The summed E-state index contributed by atoms with van der Waals surface area (Å²) in [6, 6.07) is 0. The van der Waals surface area contributed by atoms with Crippen LogP contribution in [0.15, 0.2) is 0 Å². The molecule has 11 nitrogen and oxygen atoms in total. The first-order chi connectivity index (χ1) is 19.8. The minimum atomic E-state index is -1.32. The highest BCUT2D eigenvalue weighted by Crippen LogP contribution is 2.68. The highest BCUT2D eigenvalue weighted by Gasteiger charge is 2.63. The number of rotatable bonds is 11. The molecule has 11 heteroatoms. The van der Waals surface area contributed by atoms with E-state index in [9.17, 15) is 29.4 Å². The quantitative estimate of drug-likeness (QED) is 0.129. The van der Waals surface area contributed by atoms with Gasteiger partial charge >= 0.3 is 24.1 Å². The first-order valence-electron chi connectivity index (χ1n) is 15.5. The fourth-order valence-electron chi connectivity index (χ4n) is 9.42. The summed E-state index contributed by atoms with van der Waals surface area (Å²) in [5, 5.41) is 29.7. The van der Waals surface area contributed by atoms with E-state index in [2.05, 4.69) is 25.5 Å². The summed E-state index contributed by atoms with van der Waals surface area (Å²) in [6.45, 7) is 6.96. The van der Waals surface area contributed by atoms with Gasteiger partial charge in [-0.2, -0.15) is 0 Å².